The third-order valence-corrected chi connectivity index (χ3v) is 3.32. The van der Waals surface area contributed by atoms with Crippen molar-refractivity contribution in [2.75, 3.05) is 6.54 Å². The molecule has 7 heteroatoms. The summed E-state index contributed by atoms with van der Waals surface area (Å²) in [5.41, 5.74) is 1.35. The first-order chi connectivity index (χ1) is 7.13. The zero-order valence-electron chi connectivity index (χ0n) is 7.85. The molecule has 82 valence electrons. The van der Waals surface area contributed by atoms with E-state index in [4.69, 9.17) is 10.2 Å². The van der Waals surface area contributed by atoms with Crippen LogP contribution in [-0.2, 0) is 19.7 Å². The number of carboxylic acid groups (broad SMARTS) is 1. The van der Waals surface area contributed by atoms with Crippen LogP contribution in [0.25, 0.3) is 0 Å². The second-order valence-electron chi connectivity index (χ2n) is 3.29. The predicted molar refractivity (Wildman–Crippen MR) is 54.3 cm³/mol. The Hall–Kier alpha value is -1.08. The average molecular weight is 276 g/mol. The molecule has 1 aromatic heterocycles. The van der Waals surface area contributed by atoms with Crippen molar-refractivity contribution in [3.05, 3.63) is 15.9 Å². The lowest BCUT2D eigenvalue weighted by Gasteiger charge is -2.25. The van der Waals surface area contributed by atoms with Crippen LogP contribution in [0.4, 0.5) is 4.79 Å². The molecule has 0 atom stereocenters. The van der Waals surface area contributed by atoms with Crippen LogP contribution in [0.15, 0.2) is 4.47 Å². The molecule has 0 bridgehead atoms. The SMILES string of the molecule is O=C(O)N1CCn2nc(CO)c(Br)c2C1. The van der Waals surface area contributed by atoms with Gasteiger partial charge in [-0.05, 0) is 15.9 Å². The number of aromatic nitrogens is 2. The maximum atomic E-state index is 10.8. The standard InChI is InChI=1S/C8H10BrN3O3/c9-7-5(4-13)10-12-2-1-11(8(14)15)3-6(7)12/h13H,1-4H2,(H,14,15). The Morgan fingerprint density at radius 3 is 2.87 bits per heavy atom. The molecule has 6 nitrogen and oxygen atoms in total. The average Bonchev–Trinajstić information content (AvgIpc) is 2.55. The summed E-state index contributed by atoms with van der Waals surface area (Å²) in [4.78, 5) is 12.1. The number of nitrogens with zero attached hydrogens (tertiary/aromatic N) is 3. The van der Waals surface area contributed by atoms with E-state index in [1.54, 1.807) is 4.68 Å². The van der Waals surface area contributed by atoms with E-state index in [1.807, 2.05) is 0 Å². The lowest BCUT2D eigenvalue weighted by atomic mass is 10.3. The van der Waals surface area contributed by atoms with E-state index < -0.39 is 6.09 Å². The van der Waals surface area contributed by atoms with Gasteiger partial charge in [-0.1, -0.05) is 0 Å². The molecule has 2 heterocycles. The second-order valence-corrected chi connectivity index (χ2v) is 4.09. The molecule has 0 aromatic carbocycles. The van der Waals surface area contributed by atoms with Crippen LogP contribution in [0, 0.1) is 0 Å². The minimum absolute atomic E-state index is 0.145. The number of hydrogen-bond donors (Lipinski definition) is 2. The monoisotopic (exact) mass is 275 g/mol. The van der Waals surface area contributed by atoms with E-state index in [0.29, 0.717) is 29.8 Å². The minimum atomic E-state index is -0.931. The third-order valence-electron chi connectivity index (χ3n) is 2.40. The van der Waals surface area contributed by atoms with E-state index in [-0.39, 0.29) is 6.61 Å². The van der Waals surface area contributed by atoms with Crippen molar-refractivity contribution in [2.24, 2.45) is 0 Å². The minimum Gasteiger partial charge on any atom is -0.465 e. The molecule has 0 aliphatic carbocycles. The number of hydrogen-bond acceptors (Lipinski definition) is 3. The Balaban J connectivity index is 2.32. The molecule has 0 saturated heterocycles. The molecule has 2 rings (SSSR count). The van der Waals surface area contributed by atoms with Gasteiger partial charge in [0.05, 0.1) is 29.9 Å². The number of fused-ring (bicyclic) bond motifs is 1. The van der Waals surface area contributed by atoms with Crippen molar-refractivity contribution in [1.82, 2.24) is 14.7 Å². The molecule has 0 unspecified atom stereocenters. The van der Waals surface area contributed by atoms with Gasteiger partial charge in [-0.2, -0.15) is 5.10 Å². The molecule has 1 aromatic rings. The highest BCUT2D eigenvalue weighted by Gasteiger charge is 2.24. The lowest BCUT2D eigenvalue weighted by Crippen LogP contribution is -2.37. The molecule has 1 aliphatic rings. The molecule has 1 aliphatic heterocycles. The maximum Gasteiger partial charge on any atom is 0.407 e. The number of carbonyl (C=O) groups is 1. The Morgan fingerprint density at radius 1 is 1.53 bits per heavy atom. The highest BCUT2D eigenvalue weighted by atomic mass is 79.9. The molecule has 0 radical (unpaired) electrons. The Bertz CT molecular complexity index is 404. The first-order valence-electron chi connectivity index (χ1n) is 4.46. The van der Waals surface area contributed by atoms with Gasteiger partial charge in [-0.25, -0.2) is 4.79 Å². The van der Waals surface area contributed by atoms with Crippen LogP contribution in [0.1, 0.15) is 11.4 Å². The maximum absolute atomic E-state index is 10.8. The summed E-state index contributed by atoms with van der Waals surface area (Å²) >= 11 is 3.31. The number of aliphatic hydroxyl groups excluding tert-OH is 1. The summed E-state index contributed by atoms with van der Waals surface area (Å²) in [5, 5.41) is 22.0. The fraction of sp³-hybridized carbons (Fsp3) is 0.500. The summed E-state index contributed by atoms with van der Waals surface area (Å²) in [6.45, 7) is 1.12. The number of rotatable bonds is 1. The molecule has 0 spiro atoms. The third kappa shape index (κ3) is 1.72. The molecule has 15 heavy (non-hydrogen) atoms. The molecular weight excluding hydrogens is 266 g/mol. The smallest absolute Gasteiger partial charge is 0.407 e. The molecule has 2 N–H and O–H groups in total. The van der Waals surface area contributed by atoms with Crippen LogP contribution in [0.2, 0.25) is 0 Å². The summed E-state index contributed by atoms with van der Waals surface area (Å²) in [7, 11) is 0. The van der Waals surface area contributed by atoms with Gasteiger partial charge >= 0.3 is 6.09 Å². The van der Waals surface area contributed by atoms with Crippen molar-refractivity contribution in [2.45, 2.75) is 19.7 Å². The second kappa shape index (κ2) is 3.82. The highest BCUT2D eigenvalue weighted by molar-refractivity contribution is 9.10. The molecule has 0 saturated carbocycles. The van der Waals surface area contributed by atoms with Crippen LogP contribution in [0.5, 0.6) is 0 Å². The van der Waals surface area contributed by atoms with Gasteiger partial charge in [-0.3, -0.25) is 4.68 Å². The largest absolute Gasteiger partial charge is 0.465 e. The quantitative estimate of drug-likeness (QED) is 0.788. The van der Waals surface area contributed by atoms with E-state index in [9.17, 15) is 4.79 Å². The van der Waals surface area contributed by atoms with Crippen molar-refractivity contribution in [3.8, 4) is 0 Å². The van der Waals surface area contributed by atoms with E-state index in [0.717, 1.165) is 5.69 Å². The van der Waals surface area contributed by atoms with Gasteiger partial charge in [0.25, 0.3) is 0 Å². The zero-order chi connectivity index (χ0) is 11.0. The topological polar surface area (TPSA) is 78.6 Å². The molecular formula is C8H10BrN3O3. The normalized spacial score (nSPS) is 15.2. The van der Waals surface area contributed by atoms with Crippen LogP contribution >= 0.6 is 15.9 Å². The van der Waals surface area contributed by atoms with E-state index in [1.165, 1.54) is 4.90 Å². The van der Waals surface area contributed by atoms with Crippen molar-refractivity contribution >= 4 is 22.0 Å². The Labute approximate surface area is 94.2 Å². The fourth-order valence-electron chi connectivity index (χ4n) is 1.61. The van der Waals surface area contributed by atoms with Crippen molar-refractivity contribution in [1.29, 1.82) is 0 Å². The van der Waals surface area contributed by atoms with Crippen molar-refractivity contribution in [3.63, 3.8) is 0 Å². The zero-order valence-corrected chi connectivity index (χ0v) is 9.44. The Morgan fingerprint density at radius 2 is 2.27 bits per heavy atom. The summed E-state index contributed by atoms with van der Waals surface area (Å²) in [5.74, 6) is 0. The molecule has 0 fully saturated rings. The van der Waals surface area contributed by atoms with Gasteiger partial charge in [0, 0.05) is 6.54 Å². The summed E-state index contributed by atoms with van der Waals surface area (Å²) < 4.78 is 2.44. The number of aliphatic hydroxyl groups is 1. The first-order valence-corrected chi connectivity index (χ1v) is 5.25. The van der Waals surface area contributed by atoms with Gasteiger partial charge in [-0.15, -0.1) is 0 Å². The van der Waals surface area contributed by atoms with Gasteiger partial charge in [0.2, 0.25) is 0 Å². The summed E-state index contributed by atoms with van der Waals surface area (Å²) in [6, 6.07) is 0. The van der Waals surface area contributed by atoms with E-state index in [2.05, 4.69) is 21.0 Å². The van der Waals surface area contributed by atoms with E-state index >= 15 is 0 Å². The summed E-state index contributed by atoms with van der Waals surface area (Å²) in [6.07, 6.45) is -0.931. The lowest BCUT2D eigenvalue weighted by molar-refractivity contribution is 0.131. The van der Waals surface area contributed by atoms with Gasteiger partial charge in [0.1, 0.15) is 5.69 Å². The highest BCUT2D eigenvalue weighted by Crippen LogP contribution is 2.25. The van der Waals surface area contributed by atoms with Crippen molar-refractivity contribution < 1.29 is 15.0 Å². The van der Waals surface area contributed by atoms with Crippen LogP contribution in [0.3, 0.4) is 0 Å². The predicted octanol–water partition coefficient (Wildman–Crippen LogP) is 0.631. The van der Waals surface area contributed by atoms with Crippen LogP contribution < -0.4 is 0 Å². The fourth-order valence-corrected chi connectivity index (χ4v) is 2.14. The van der Waals surface area contributed by atoms with Gasteiger partial charge in [0.15, 0.2) is 0 Å². The Kier molecular flexibility index (Phi) is 2.66. The number of amides is 1. The first kappa shape index (κ1) is 10.4. The van der Waals surface area contributed by atoms with Crippen LogP contribution in [-0.4, -0.2) is 37.5 Å². The number of halogens is 1. The molecule has 1 amide bonds. The van der Waals surface area contributed by atoms with Gasteiger partial charge < -0.3 is 15.1 Å².